The number of likely N-dealkylation sites (tertiary alicyclic amines) is 2. The van der Waals surface area contributed by atoms with Gasteiger partial charge in [0, 0.05) is 38.8 Å². The zero-order valence-corrected chi connectivity index (χ0v) is 14.1. The summed E-state index contributed by atoms with van der Waals surface area (Å²) in [5.74, 6) is 1.23. The zero-order valence-electron chi connectivity index (χ0n) is 14.1. The summed E-state index contributed by atoms with van der Waals surface area (Å²) in [7, 11) is 0. The van der Waals surface area contributed by atoms with Crippen molar-refractivity contribution in [2.75, 3.05) is 39.3 Å². The highest BCUT2D eigenvalue weighted by atomic mass is 16.5. The number of nitrogens with zero attached hydrogens (tertiary/aromatic N) is 3. The second kappa shape index (κ2) is 7.62. The molecule has 3 rings (SSSR count). The first-order chi connectivity index (χ1) is 12.0. The molecule has 2 saturated heterocycles. The first kappa shape index (κ1) is 17.4. The third-order valence-electron chi connectivity index (χ3n) is 4.89. The summed E-state index contributed by atoms with van der Waals surface area (Å²) in [5, 5.41) is 27.7. The van der Waals surface area contributed by atoms with Gasteiger partial charge in [-0.05, 0) is 36.8 Å². The third-order valence-corrected chi connectivity index (χ3v) is 4.89. The molecule has 0 radical (unpaired) electrons. The number of phenolic OH excluding ortho intramolecular Hbond substituents is 1. The number of rotatable bonds is 5. The lowest BCUT2D eigenvalue weighted by atomic mass is 9.85. The maximum Gasteiger partial charge on any atom is 0.407 e. The molecule has 2 atom stereocenters. The normalized spacial score (nSPS) is 23.1. The third kappa shape index (κ3) is 4.34. The van der Waals surface area contributed by atoms with Crippen LogP contribution in [0.2, 0.25) is 0 Å². The molecule has 134 valence electrons. The second-order valence-corrected chi connectivity index (χ2v) is 6.91. The SMILES string of the molecule is N#Cc1ccc(OCCCN2CC3CC(C2)CN(C(=O)O)C3)c(O)c1. The Hall–Kier alpha value is -2.46. The van der Waals surface area contributed by atoms with Crippen molar-refractivity contribution in [3.63, 3.8) is 0 Å². The summed E-state index contributed by atoms with van der Waals surface area (Å²) in [5.41, 5.74) is 0.403. The van der Waals surface area contributed by atoms with Gasteiger partial charge in [0.1, 0.15) is 0 Å². The van der Waals surface area contributed by atoms with Crippen LogP contribution in [0.1, 0.15) is 18.4 Å². The van der Waals surface area contributed by atoms with Gasteiger partial charge in [0.2, 0.25) is 0 Å². The van der Waals surface area contributed by atoms with Crippen LogP contribution in [0.15, 0.2) is 18.2 Å². The van der Waals surface area contributed by atoms with E-state index in [4.69, 9.17) is 15.1 Å². The number of carboxylic acid groups (broad SMARTS) is 1. The minimum atomic E-state index is -0.807. The quantitative estimate of drug-likeness (QED) is 0.792. The Balaban J connectivity index is 1.42. The van der Waals surface area contributed by atoms with E-state index in [9.17, 15) is 9.90 Å². The van der Waals surface area contributed by atoms with Crippen molar-refractivity contribution in [3.8, 4) is 17.6 Å². The predicted molar refractivity (Wildman–Crippen MR) is 90.6 cm³/mol. The average molecular weight is 345 g/mol. The van der Waals surface area contributed by atoms with Gasteiger partial charge in [-0.3, -0.25) is 0 Å². The molecule has 0 aromatic heterocycles. The standard InChI is InChI=1S/C18H23N3O4/c19-8-13-2-3-17(16(22)7-13)25-5-1-4-20-9-14-6-15(10-20)12-21(11-14)18(23)24/h2-3,7,14-15,22H,1,4-6,9-12H2,(H,23,24). The molecule has 7 nitrogen and oxygen atoms in total. The smallest absolute Gasteiger partial charge is 0.407 e. The molecule has 1 aromatic carbocycles. The molecular formula is C18H23N3O4. The van der Waals surface area contributed by atoms with Crippen LogP contribution in [0.3, 0.4) is 0 Å². The Labute approximate surface area is 147 Å². The number of fused-ring (bicyclic) bond motifs is 2. The van der Waals surface area contributed by atoms with Crippen LogP contribution < -0.4 is 4.74 Å². The minimum Gasteiger partial charge on any atom is -0.504 e. The van der Waals surface area contributed by atoms with Crippen molar-refractivity contribution in [2.45, 2.75) is 12.8 Å². The van der Waals surface area contributed by atoms with Crippen LogP contribution in [0.4, 0.5) is 4.79 Å². The Morgan fingerprint density at radius 2 is 2.00 bits per heavy atom. The molecule has 2 aliphatic heterocycles. The van der Waals surface area contributed by atoms with E-state index in [1.165, 1.54) is 6.07 Å². The van der Waals surface area contributed by atoms with Crippen LogP contribution >= 0.6 is 0 Å². The van der Waals surface area contributed by atoms with Crippen LogP contribution in [-0.4, -0.2) is 65.4 Å². The van der Waals surface area contributed by atoms with E-state index in [1.54, 1.807) is 17.0 Å². The van der Waals surface area contributed by atoms with E-state index < -0.39 is 6.09 Å². The van der Waals surface area contributed by atoms with Gasteiger partial charge in [0.05, 0.1) is 18.2 Å². The molecule has 2 fully saturated rings. The number of hydrogen-bond acceptors (Lipinski definition) is 5. The number of nitriles is 1. The van der Waals surface area contributed by atoms with Crippen molar-refractivity contribution < 1.29 is 19.7 Å². The Bertz CT molecular complexity index is 659. The van der Waals surface area contributed by atoms with Crippen molar-refractivity contribution in [1.29, 1.82) is 5.26 Å². The van der Waals surface area contributed by atoms with Gasteiger partial charge in [-0.15, -0.1) is 0 Å². The number of amides is 1. The Morgan fingerprint density at radius 1 is 1.28 bits per heavy atom. The van der Waals surface area contributed by atoms with Gasteiger partial charge in [0.25, 0.3) is 0 Å². The van der Waals surface area contributed by atoms with Gasteiger partial charge in [-0.25, -0.2) is 4.79 Å². The van der Waals surface area contributed by atoms with E-state index in [1.807, 2.05) is 6.07 Å². The molecule has 1 amide bonds. The topological polar surface area (TPSA) is 97.0 Å². The van der Waals surface area contributed by atoms with Crippen LogP contribution in [0.25, 0.3) is 0 Å². The number of benzene rings is 1. The molecular weight excluding hydrogens is 322 g/mol. The van der Waals surface area contributed by atoms with Gasteiger partial charge in [-0.2, -0.15) is 5.26 Å². The molecule has 2 aliphatic rings. The predicted octanol–water partition coefficient (Wildman–Crippen LogP) is 1.96. The van der Waals surface area contributed by atoms with Gasteiger partial charge < -0.3 is 24.7 Å². The fourth-order valence-corrected chi connectivity index (χ4v) is 3.91. The summed E-state index contributed by atoms with van der Waals surface area (Å²) in [6.07, 6.45) is 1.15. The highest BCUT2D eigenvalue weighted by Gasteiger charge is 2.35. The number of phenols is 1. The summed E-state index contributed by atoms with van der Waals surface area (Å²) in [6.45, 7) is 4.53. The van der Waals surface area contributed by atoms with Crippen LogP contribution in [0.5, 0.6) is 11.5 Å². The molecule has 0 spiro atoms. The van der Waals surface area contributed by atoms with Crippen molar-refractivity contribution in [1.82, 2.24) is 9.80 Å². The van der Waals surface area contributed by atoms with Crippen molar-refractivity contribution >= 4 is 6.09 Å². The second-order valence-electron chi connectivity index (χ2n) is 6.91. The summed E-state index contributed by atoms with van der Waals surface area (Å²) < 4.78 is 5.60. The lowest BCUT2D eigenvalue weighted by molar-refractivity contribution is 0.0318. The molecule has 2 unspecified atom stereocenters. The molecule has 0 aliphatic carbocycles. The number of piperidine rings is 2. The fourth-order valence-electron chi connectivity index (χ4n) is 3.91. The lowest BCUT2D eigenvalue weighted by Gasteiger charge is -2.45. The summed E-state index contributed by atoms with van der Waals surface area (Å²) >= 11 is 0. The first-order valence-electron chi connectivity index (χ1n) is 8.61. The lowest BCUT2D eigenvalue weighted by Crippen LogP contribution is -2.54. The monoisotopic (exact) mass is 345 g/mol. The minimum absolute atomic E-state index is 0.0136. The average Bonchev–Trinajstić information content (AvgIpc) is 2.58. The van der Waals surface area contributed by atoms with Crippen LogP contribution in [-0.2, 0) is 0 Å². The van der Waals surface area contributed by atoms with E-state index in [0.29, 0.717) is 42.8 Å². The van der Waals surface area contributed by atoms with Crippen LogP contribution in [0, 0.1) is 23.2 Å². The maximum absolute atomic E-state index is 11.1. The zero-order chi connectivity index (χ0) is 17.8. The maximum atomic E-state index is 11.1. The van der Waals surface area contributed by atoms with Gasteiger partial charge in [0.15, 0.2) is 11.5 Å². The van der Waals surface area contributed by atoms with Crippen molar-refractivity contribution in [3.05, 3.63) is 23.8 Å². The van der Waals surface area contributed by atoms with Gasteiger partial charge in [-0.1, -0.05) is 0 Å². The number of hydrogen-bond donors (Lipinski definition) is 2. The molecule has 2 bridgehead atoms. The summed E-state index contributed by atoms with van der Waals surface area (Å²) in [6, 6.07) is 6.60. The van der Waals surface area contributed by atoms with Crippen molar-refractivity contribution in [2.24, 2.45) is 11.8 Å². The first-order valence-corrected chi connectivity index (χ1v) is 8.61. The van der Waals surface area contributed by atoms with Gasteiger partial charge >= 0.3 is 6.09 Å². The highest BCUT2D eigenvalue weighted by Crippen LogP contribution is 2.29. The molecule has 7 heteroatoms. The molecule has 2 N–H and O–H groups in total. The summed E-state index contributed by atoms with van der Waals surface area (Å²) in [4.78, 5) is 15.1. The number of ether oxygens (including phenoxy) is 1. The van der Waals surface area contributed by atoms with E-state index in [-0.39, 0.29) is 5.75 Å². The fraction of sp³-hybridized carbons (Fsp3) is 0.556. The molecule has 1 aromatic rings. The number of aromatic hydroxyl groups is 1. The molecule has 25 heavy (non-hydrogen) atoms. The Kier molecular flexibility index (Phi) is 5.29. The molecule has 2 heterocycles. The largest absolute Gasteiger partial charge is 0.504 e. The van der Waals surface area contributed by atoms with E-state index in [2.05, 4.69) is 4.90 Å². The highest BCUT2D eigenvalue weighted by molar-refractivity contribution is 5.65. The number of carbonyl (C=O) groups is 1. The Morgan fingerprint density at radius 3 is 2.60 bits per heavy atom. The van der Waals surface area contributed by atoms with E-state index in [0.717, 1.165) is 32.5 Å². The van der Waals surface area contributed by atoms with E-state index >= 15 is 0 Å². The molecule has 0 saturated carbocycles.